The number of anilines is 1. The summed E-state index contributed by atoms with van der Waals surface area (Å²) in [5.41, 5.74) is 0.351. The highest BCUT2D eigenvalue weighted by molar-refractivity contribution is 6.39. The molecule has 1 aromatic carbocycles. The molecule has 0 bridgehead atoms. The maximum Gasteiger partial charge on any atom is 0.272 e. The summed E-state index contributed by atoms with van der Waals surface area (Å²) in [5.74, 6) is 0. The second-order valence-corrected chi connectivity index (χ2v) is 4.34. The Labute approximate surface area is 107 Å². The van der Waals surface area contributed by atoms with Crippen LogP contribution in [0.4, 0.5) is 11.4 Å². The van der Waals surface area contributed by atoms with Gasteiger partial charge >= 0.3 is 0 Å². The third-order valence-electron chi connectivity index (χ3n) is 2.35. The van der Waals surface area contributed by atoms with Gasteiger partial charge in [0.25, 0.3) is 5.69 Å². The Morgan fingerprint density at radius 1 is 1.29 bits per heavy atom. The highest BCUT2D eigenvalue weighted by atomic mass is 35.5. The SMILES string of the molecule is O=[N+]([O-])c1cc(Cl)c(NC2NCCN2)c(Cl)c1. The van der Waals surface area contributed by atoms with E-state index in [1.165, 1.54) is 12.1 Å². The number of nitro benzene ring substituents is 1. The lowest BCUT2D eigenvalue weighted by atomic mass is 10.3. The maximum atomic E-state index is 10.6. The predicted molar refractivity (Wildman–Crippen MR) is 66.5 cm³/mol. The summed E-state index contributed by atoms with van der Waals surface area (Å²) in [7, 11) is 0. The summed E-state index contributed by atoms with van der Waals surface area (Å²) in [5, 5.41) is 20.3. The Morgan fingerprint density at radius 2 is 1.82 bits per heavy atom. The van der Waals surface area contributed by atoms with Crippen LogP contribution in [0.5, 0.6) is 0 Å². The van der Waals surface area contributed by atoms with Crippen LogP contribution in [0.3, 0.4) is 0 Å². The minimum atomic E-state index is -0.534. The lowest BCUT2D eigenvalue weighted by molar-refractivity contribution is -0.384. The third-order valence-corrected chi connectivity index (χ3v) is 2.94. The van der Waals surface area contributed by atoms with Gasteiger partial charge in [0.2, 0.25) is 0 Å². The zero-order chi connectivity index (χ0) is 12.4. The number of nitrogens with one attached hydrogen (secondary N) is 3. The molecule has 1 saturated heterocycles. The average molecular weight is 277 g/mol. The average Bonchev–Trinajstić information content (AvgIpc) is 2.75. The topological polar surface area (TPSA) is 79.2 Å². The van der Waals surface area contributed by atoms with E-state index in [0.29, 0.717) is 5.69 Å². The smallest absolute Gasteiger partial charge is 0.272 e. The van der Waals surface area contributed by atoms with Gasteiger partial charge < -0.3 is 5.32 Å². The van der Waals surface area contributed by atoms with Crippen molar-refractivity contribution in [2.45, 2.75) is 6.29 Å². The van der Waals surface area contributed by atoms with E-state index in [2.05, 4.69) is 16.0 Å². The molecular formula is C9H10Cl2N4O2. The van der Waals surface area contributed by atoms with Gasteiger partial charge in [-0.05, 0) is 0 Å². The molecule has 0 amide bonds. The molecule has 0 spiro atoms. The van der Waals surface area contributed by atoms with Crippen LogP contribution in [-0.2, 0) is 0 Å². The van der Waals surface area contributed by atoms with Gasteiger partial charge in [-0.1, -0.05) is 23.2 Å². The van der Waals surface area contributed by atoms with Gasteiger partial charge in [0, 0.05) is 25.2 Å². The highest BCUT2D eigenvalue weighted by Gasteiger charge is 2.18. The molecule has 92 valence electrons. The van der Waals surface area contributed by atoms with Crippen LogP contribution in [0.15, 0.2) is 12.1 Å². The van der Waals surface area contributed by atoms with E-state index in [0.717, 1.165) is 13.1 Å². The molecule has 0 atom stereocenters. The lowest BCUT2D eigenvalue weighted by Crippen LogP contribution is -2.38. The summed E-state index contributed by atoms with van der Waals surface area (Å²) >= 11 is 11.9. The third kappa shape index (κ3) is 2.78. The molecule has 3 N–H and O–H groups in total. The number of hydrogen-bond donors (Lipinski definition) is 3. The van der Waals surface area contributed by atoms with Crippen molar-refractivity contribution in [2.24, 2.45) is 0 Å². The Bertz CT molecular complexity index is 426. The van der Waals surface area contributed by atoms with Gasteiger partial charge in [-0.25, -0.2) is 0 Å². The molecule has 17 heavy (non-hydrogen) atoms. The molecule has 1 fully saturated rings. The van der Waals surface area contributed by atoms with E-state index in [1.807, 2.05) is 0 Å². The molecule has 6 nitrogen and oxygen atoms in total. The molecule has 1 aliphatic rings. The first-order valence-corrected chi connectivity index (χ1v) is 5.70. The molecule has 0 unspecified atom stereocenters. The van der Waals surface area contributed by atoms with Gasteiger partial charge in [-0.3, -0.25) is 20.7 Å². The van der Waals surface area contributed by atoms with Gasteiger partial charge in [0.15, 0.2) is 0 Å². The van der Waals surface area contributed by atoms with Crippen molar-refractivity contribution in [2.75, 3.05) is 18.4 Å². The van der Waals surface area contributed by atoms with Crippen molar-refractivity contribution in [1.29, 1.82) is 0 Å². The second kappa shape index (κ2) is 5.05. The van der Waals surface area contributed by atoms with Crippen LogP contribution in [0, 0.1) is 10.1 Å². The van der Waals surface area contributed by atoms with Crippen LogP contribution in [0.25, 0.3) is 0 Å². The van der Waals surface area contributed by atoms with Crippen molar-refractivity contribution in [3.63, 3.8) is 0 Å². The molecule has 0 aromatic heterocycles. The number of rotatable bonds is 3. The van der Waals surface area contributed by atoms with Gasteiger partial charge in [0.1, 0.15) is 6.29 Å². The molecule has 1 aliphatic heterocycles. The van der Waals surface area contributed by atoms with Crippen LogP contribution in [-0.4, -0.2) is 24.3 Å². The highest BCUT2D eigenvalue weighted by Crippen LogP contribution is 2.34. The van der Waals surface area contributed by atoms with E-state index in [-0.39, 0.29) is 22.0 Å². The van der Waals surface area contributed by atoms with Crippen molar-refractivity contribution in [1.82, 2.24) is 10.6 Å². The van der Waals surface area contributed by atoms with Crippen LogP contribution >= 0.6 is 23.2 Å². The molecule has 0 saturated carbocycles. The summed E-state index contributed by atoms with van der Waals surface area (Å²) in [6.07, 6.45) is -0.133. The number of nitro groups is 1. The number of hydrogen-bond acceptors (Lipinski definition) is 5. The van der Waals surface area contributed by atoms with E-state index >= 15 is 0 Å². The van der Waals surface area contributed by atoms with Crippen LogP contribution in [0.1, 0.15) is 0 Å². The second-order valence-electron chi connectivity index (χ2n) is 3.53. The van der Waals surface area contributed by atoms with Gasteiger partial charge in [-0.2, -0.15) is 0 Å². The summed E-state index contributed by atoms with van der Waals surface area (Å²) in [6, 6.07) is 2.54. The van der Waals surface area contributed by atoms with Gasteiger partial charge in [0.05, 0.1) is 20.7 Å². The number of non-ortho nitro benzene ring substituents is 1. The Kier molecular flexibility index (Phi) is 3.68. The predicted octanol–water partition coefficient (Wildman–Crippen LogP) is 1.79. The molecule has 2 rings (SSSR count). The molecule has 1 aromatic rings. The largest absolute Gasteiger partial charge is 0.355 e. The Morgan fingerprint density at radius 3 is 2.29 bits per heavy atom. The molecule has 0 radical (unpaired) electrons. The number of halogens is 2. The van der Waals surface area contributed by atoms with E-state index in [4.69, 9.17) is 23.2 Å². The van der Waals surface area contributed by atoms with E-state index < -0.39 is 4.92 Å². The monoisotopic (exact) mass is 276 g/mol. The van der Waals surface area contributed by atoms with Crippen LogP contribution in [0.2, 0.25) is 10.0 Å². The summed E-state index contributed by atoms with van der Waals surface area (Å²) in [6.45, 7) is 1.67. The Balaban J connectivity index is 2.24. The molecule has 1 heterocycles. The number of benzene rings is 1. The Hall–Kier alpha value is -1.08. The lowest BCUT2D eigenvalue weighted by Gasteiger charge is -2.16. The van der Waals surface area contributed by atoms with Crippen molar-refractivity contribution >= 4 is 34.6 Å². The fraction of sp³-hybridized carbons (Fsp3) is 0.333. The minimum absolute atomic E-state index is 0.127. The molecule has 8 heteroatoms. The van der Waals surface area contributed by atoms with Gasteiger partial charge in [-0.15, -0.1) is 0 Å². The van der Waals surface area contributed by atoms with Crippen molar-refractivity contribution in [3.05, 3.63) is 32.3 Å². The number of nitrogens with zero attached hydrogens (tertiary/aromatic N) is 1. The normalized spacial score (nSPS) is 16.1. The first kappa shape index (κ1) is 12.4. The van der Waals surface area contributed by atoms with E-state index in [1.54, 1.807) is 0 Å². The first-order chi connectivity index (χ1) is 8.08. The molecule has 0 aliphatic carbocycles. The first-order valence-electron chi connectivity index (χ1n) is 4.94. The maximum absolute atomic E-state index is 10.6. The fourth-order valence-electron chi connectivity index (χ4n) is 1.55. The zero-order valence-corrected chi connectivity index (χ0v) is 10.2. The minimum Gasteiger partial charge on any atom is -0.355 e. The molecular weight excluding hydrogens is 267 g/mol. The summed E-state index contributed by atoms with van der Waals surface area (Å²) < 4.78 is 0. The van der Waals surface area contributed by atoms with Crippen LogP contribution < -0.4 is 16.0 Å². The summed E-state index contributed by atoms with van der Waals surface area (Å²) in [4.78, 5) is 10.1. The van der Waals surface area contributed by atoms with E-state index in [9.17, 15) is 10.1 Å². The van der Waals surface area contributed by atoms with Crippen molar-refractivity contribution in [3.8, 4) is 0 Å². The standard InChI is InChI=1S/C9H10Cl2N4O2/c10-6-3-5(15(16)17)4-7(11)8(6)14-9-12-1-2-13-9/h3-4,9,12-14H,1-2H2. The quantitative estimate of drug-likeness (QED) is 0.580. The van der Waals surface area contributed by atoms with Crippen molar-refractivity contribution < 1.29 is 4.92 Å². The fourth-order valence-corrected chi connectivity index (χ4v) is 2.14. The zero-order valence-electron chi connectivity index (χ0n) is 8.67.